The third kappa shape index (κ3) is 5.36. The molecule has 38 heavy (non-hydrogen) atoms. The van der Waals surface area contributed by atoms with Gasteiger partial charge in [-0.05, 0) is 62.2 Å². The minimum Gasteiger partial charge on any atom is -0.497 e. The van der Waals surface area contributed by atoms with Gasteiger partial charge in [0.25, 0.3) is 5.56 Å². The van der Waals surface area contributed by atoms with Gasteiger partial charge in [0.1, 0.15) is 12.4 Å². The summed E-state index contributed by atoms with van der Waals surface area (Å²) in [5, 5.41) is 0. The maximum absolute atomic E-state index is 13.8. The lowest BCUT2D eigenvalue weighted by atomic mass is 9.96. The molecule has 0 aliphatic carbocycles. The van der Waals surface area contributed by atoms with Crippen molar-refractivity contribution in [1.82, 2.24) is 4.57 Å². The molecular weight excluding hydrogens is 504 g/mol. The van der Waals surface area contributed by atoms with Crippen LogP contribution in [0.4, 0.5) is 0 Å². The van der Waals surface area contributed by atoms with Crippen molar-refractivity contribution in [1.29, 1.82) is 0 Å². The van der Waals surface area contributed by atoms with E-state index >= 15 is 0 Å². The number of carbonyl (C=O) groups is 1. The van der Waals surface area contributed by atoms with Gasteiger partial charge in [-0.25, -0.2) is 9.79 Å². The predicted molar refractivity (Wildman–Crippen MR) is 145 cm³/mol. The number of carbonyl (C=O) groups excluding carboxylic acids is 1. The second-order valence-corrected chi connectivity index (χ2v) is 9.72. The van der Waals surface area contributed by atoms with E-state index in [2.05, 4.69) is 10.9 Å². The van der Waals surface area contributed by atoms with Gasteiger partial charge in [-0.2, -0.15) is 0 Å². The number of nitrogens with zero attached hydrogens (tertiary/aromatic N) is 2. The Labute approximate surface area is 224 Å². The SMILES string of the molecule is C#CCOc1ccc(/C=c2\sc3n(c2=O)[C@H](c2ccc(OC)cc2)C(C(=O)OC(C)C)=C(C)N=3)cc1OC. The standard InChI is InChI=1S/C29H28N2O6S/c1-7-14-36-22-13-8-19(15-23(22)35-6)16-24-27(32)31-26(20-9-11-21(34-5)12-10-20)25(28(33)37-17(2)3)18(4)30-29(31)38-24/h1,8-13,15-17,26H,14H2,2-6H3/b24-16-/t26-/m1/s1. The normalized spacial score (nSPS) is 15.0. The van der Waals surface area contributed by atoms with E-state index in [0.29, 0.717) is 37.9 Å². The van der Waals surface area contributed by atoms with Crippen LogP contribution in [0.25, 0.3) is 6.08 Å². The number of allylic oxidation sites excluding steroid dienone is 1. The van der Waals surface area contributed by atoms with Crippen LogP contribution in [0.1, 0.15) is 37.9 Å². The molecule has 0 fully saturated rings. The van der Waals surface area contributed by atoms with Crippen molar-refractivity contribution < 1.29 is 23.7 Å². The van der Waals surface area contributed by atoms with Gasteiger partial charge in [0.15, 0.2) is 16.3 Å². The number of fused-ring (bicyclic) bond motifs is 1. The summed E-state index contributed by atoms with van der Waals surface area (Å²) in [4.78, 5) is 32.1. The number of esters is 1. The zero-order chi connectivity index (χ0) is 27.4. The molecule has 196 valence electrons. The number of rotatable bonds is 8. The maximum Gasteiger partial charge on any atom is 0.338 e. The lowest BCUT2D eigenvalue weighted by molar-refractivity contribution is -0.143. The zero-order valence-corrected chi connectivity index (χ0v) is 22.6. The van der Waals surface area contributed by atoms with Crippen LogP contribution in [0.2, 0.25) is 0 Å². The van der Waals surface area contributed by atoms with Crippen molar-refractivity contribution in [3.8, 4) is 29.6 Å². The smallest absolute Gasteiger partial charge is 0.338 e. The monoisotopic (exact) mass is 532 g/mol. The van der Waals surface area contributed by atoms with Gasteiger partial charge in [-0.3, -0.25) is 9.36 Å². The van der Waals surface area contributed by atoms with Gasteiger partial charge < -0.3 is 18.9 Å². The first-order valence-electron chi connectivity index (χ1n) is 11.9. The van der Waals surface area contributed by atoms with Gasteiger partial charge in [0.05, 0.1) is 42.2 Å². The van der Waals surface area contributed by atoms with E-state index < -0.39 is 12.0 Å². The summed E-state index contributed by atoms with van der Waals surface area (Å²) in [5.74, 6) is 3.58. The molecule has 0 N–H and O–H groups in total. The Morgan fingerprint density at radius 1 is 1.16 bits per heavy atom. The first-order chi connectivity index (χ1) is 18.3. The summed E-state index contributed by atoms with van der Waals surface area (Å²) in [6.45, 7) is 5.43. The number of hydrogen-bond donors (Lipinski definition) is 0. The van der Waals surface area contributed by atoms with Crippen LogP contribution in [-0.4, -0.2) is 37.5 Å². The van der Waals surface area contributed by atoms with Crippen LogP contribution in [0.3, 0.4) is 0 Å². The van der Waals surface area contributed by atoms with Crippen molar-refractivity contribution in [3.05, 3.63) is 84.5 Å². The van der Waals surface area contributed by atoms with Crippen LogP contribution in [0, 0.1) is 12.3 Å². The molecule has 0 unspecified atom stereocenters. The van der Waals surface area contributed by atoms with Crippen molar-refractivity contribution in [3.63, 3.8) is 0 Å². The maximum atomic E-state index is 13.8. The molecule has 2 aromatic carbocycles. The molecule has 1 aromatic heterocycles. The number of terminal acetylenes is 1. The molecule has 1 atom stereocenters. The largest absolute Gasteiger partial charge is 0.497 e. The van der Waals surface area contributed by atoms with Gasteiger partial charge in [-0.15, -0.1) is 6.42 Å². The quantitative estimate of drug-likeness (QED) is 0.327. The minimum atomic E-state index is -0.709. The second kappa shape index (κ2) is 11.4. The number of methoxy groups -OCH3 is 2. The van der Waals surface area contributed by atoms with Crippen molar-refractivity contribution in [2.45, 2.75) is 32.9 Å². The minimum absolute atomic E-state index is 0.112. The number of ether oxygens (including phenoxy) is 4. The Kier molecular flexibility index (Phi) is 8.03. The summed E-state index contributed by atoms with van der Waals surface area (Å²) in [5.41, 5.74) is 2.01. The van der Waals surface area contributed by atoms with E-state index in [1.165, 1.54) is 18.4 Å². The first-order valence-corrected chi connectivity index (χ1v) is 12.7. The van der Waals surface area contributed by atoms with Crippen molar-refractivity contribution in [2.24, 2.45) is 4.99 Å². The third-order valence-corrected chi connectivity index (χ3v) is 6.80. The number of benzene rings is 2. The van der Waals surface area contributed by atoms with Crippen LogP contribution in [-0.2, 0) is 9.53 Å². The van der Waals surface area contributed by atoms with Gasteiger partial charge in [0, 0.05) is 0 Å². The van der Waals surface area contributed by atoms with Crippen LogP contribution >= 0.6 is 11.3 Å². The molecule has 1 aliphatic heterocycles. The van der Waals surface area contributed by atoms with Crippen molar-refractivity contribution in [2.75, 3.05) is 20.8 Å². The Balaban J connectivity index is 1.87. The lowest BCUT2D eigenvalue weighted by Gasteiger charge is -2.25. The van der Waals surface area contributed by atoms with Crippen LogP contribution in [0.15, 0.2) is 63.5 Å². The zero-order valence-electron chi connectivity index (χ0n) is 21.8. The molecule has 4 rings (SSSR count). The Morgan fingerprint density at radius 3 is 2.53 bits per heavy atom. The van der Waals surface area contributed by atoms with E-state index in [9.17, 15) is 9.59 Å². The molecule has 1 aliphatic rings. The highest BCUT2D eigenvalue weighted by molar-refractivity contribution is 7.07. The molecule has 0 amide bonds. The van der Waals surface area contributed by atoms with E-state index in [0.717, 1.165) is 11.1 Å². The predicted octanol–water partition coefficient (Wildman–Crippen LogP) is 3.22. The Morgan fingerprint density at radius 2 is 1.89 bits per heavy atom. The van der Waals surface area contributed by atoms with Gasteiger partial charge >= 0.3 is 5.97 Å². The van der Waals surface area contributed by atoms with Crippen LogP contribution in [0.5, 0.6) is 17.2 Å². The van der Waals surface area contributed by atoms with E-state index in [-0.39, 0.29) is 18.3 Å². The Bertz CT molecular complexity index is 1610. The van der Waals surface area contributed by atoms with Gasteiger partial charge in [-0.1, -0.05) is 35.5 Å². The second-order valence-electron chi connectivity index (χ2n) is 8.71. The first kappa shape index (κ1) is 26.8. The van der Waals surface area contributed by atoms with E-state index in [1.807, 2.05) is 18.2 Å². The molecule has 0 saturated heterocycles. The number of hydrogen-bond acceptors (Lipinski definition) is 8. The third-order valence-electron chi connectivity index (χ3n) is 5.81. The summed E-state index contributed by atoms with van der Waals surface area (Å²) in [6.07, 6.45) is 6.72. The molecule has 0 bridgehead atoms. The molecular formula is C29H28N2O6S. The highest BCUT2D eigenvalue weighted by Gasteiger charge is 2.33. The highest BCUT2D eigenvalue weighted by atomic mass is 32.1. The molecule has 8 nitrogen and oxygen atoms in total. The summed E-state index contributed by atoms with van der Waals surface area (Å²) >= 11 is 1.24. The van der Waals surface area contributed by atoms with E-state index in [4.69, 9.17) is 25.4 Å². The average Bonchev–Trinajstić information content (AvgIpc) is 3.20. The number of thiazole rings is 1. The van der Waals surface area contributed by atoms with Gasteiger partial charge in [0.2, 0.25) is 0 Å². The average molecular weight is 533 g/mol. The topological polar surface area (TPSA) is 88.4 Å². The summed E-state index contributed by atoms with van der Waals surface area (Å²) in [6, 6.07) is 11.9. The molecule has 0 spiro atoms. The highest BCUT2D eigenvalue weighted by Crippen LogP contribution is 2.32. The summed E-state index contributed by atoms with van der Waals surface area (Å²) < 4.78 is 23.8. The molecule has 0 radical (unpaired) electrons. The molecule has 9 heteroatoms. The van der Waals surface area contributed by atoms with Crippen LogP contribution < -0.4 is 29.1 Å². The summed E-state index contributed by atoms with van der Waals surface area (Å²) in [7, 11) is 3.11. The van der Waals surface area contributed by atoms with E-state index in [1.54, 1.807) is 62.8 Å². The fraction of sp³-hybridized carbons (Fsp3) is 0.276. The number of aromatic nitrogens is 1. The lowest BCUT2D eigenvalue weighted by Crippen LogP contribution is -2.40. The molecule has 2 heterocycles. The fourth-order valence-corrected chi connectivity index (χ4v) is 5.17. The fourth-order valence-electron chi connectivity index (χ4n) is 4.13. The Hall–Kier alpha value is -4.29. The molecule has 3 aromatic rings. The van der Waals surface area contributed by atoms with Crippen molar-refractivity contribution >= 4 is 23.4 Å². The molecule has 0 saturated carbocycles.